The van der Waals surface area contributed by atoms with Crippen LogP contribution >= 0.6 is 0 Å². The van der Waals surface area contributed by atoms with E-state index in [0.29, 0.717) is 0 Å². The van der Waals surface area contributed by atoms with Crippen LogP contribution in [0.1, 0.15) is 42.0 Å². The topological polar surface area (TPSA) is 39.2 Å². The first-order chi connectivity index (χ1) is 6.43. The molecule has 1 rings (SSSR count). The third-order valence-electron chi connectivity index (χ3n) is 2.56. The van der Waals surface area contributed by atoms with Gasteiger partial charge in [0, 0.05) is 11.6 Å². The molecule has 1 unspecified atom stereocenters. The number of aryl methyl sites for hydroxylation is 2. The molecule has 1 atom stereocenters. The van der Waals surface area contributed by atoms with E-state index in [-0.39, 0.29) is 6.04 Å². The average Bonchev–Trinajstić information content (AvgIpc) is 2.25. The SMILES string of the molecule is C=C(C)CC(N)c1c(C)oc(C)c1C. The van der Waals surface area contributed by atoms with Gasteiger partial charge in [-0.25, -0.2) is 0 Å². The highest BCUT2D eigenvalue weighted by Crippen LogP contribution is 2.28. The predicted molar refractivity (Wildman–Crippen MR) is 59.3 cm³/mol. The van der Waals surface area contributed by atoms with E-state index in [0.717, 1.165) is 29.1 Å². The third kappa shape index (κ3) is 2.07. The summed E-state index contributed by atoms with van der Waals surface area (Å²) in [5, 5.41) is 0. The standard InChI is InChI=1S/C12H19NO/c1-7(2)6-11(13)12-8(3)9(4)14-10(12)5/h11H,1,6,13H2,2-5H3. The molecule has 2 nitrogen and oxygen atoms in total. The quantitative estimate of drug-likeness (QED) is 0.749. The fraction of sp³-hybridized carbons (Fsp3) is 0.500. The van der Waals surface area contributed by atoms with Crippen LogP contribution < -0.4 is 5.73 Å². The predicted octanol–water partition coefficient (Wildman–Crippen LogP) is 3.17. The lowest BCUT2D eigenvalue weighted by Gasteiger charge is -2.11. The van der Waals surface area contributed by atoms with Gasteiger partial charge in [0.1, 0.15) is 11.5 Å². The molecule has 0 radical (unpaired) electrons. The van der Waals surface area contributed by atoms with Gasteiger partial charge in [0.25, 0.3) is 0 Å². The Morgan fingerprint density at radius 1 is 1.36 bits per heavy atom. The molecule has 0 spiro atoms. The number of hydrogen-bond acceptors (Lipinski definition) is 2. The van der Waals surface area contributed by atoms with E-state index < -0.39 is 0 Å². The van der Waals surface area contributed by atoms with Crippen LogP contribution in [0, 0.1) is 20.8 Å². The van der Waals surface area contributed by atoms with Gasteiger partial charge in [-0.1, -0.05) is 5.57 Å². The third-order valence-corrected chi connectivity index (χ3v) is 2.56. The first-order valence-corrected chi connectivity index (χ1v) is 4.90. The van der Waals surface area contributed by atoms with Crippen molar-refractivity contribution in [3.8, 4) is 0 Å². The van der Waals surface area contributed by atoms with Gasteiger partial charge in [0.05, 0.1) is 0 Å². The van der Waals surface area contributed by atoms with E-state index in [9.17, 15) is 0 Å². The lowest BCUT2D eigenvalue weighted by atomic mass is 9.98. The first kappa shape index (κ1) is 11.1. The summed E-state index contributed by atoms with van der Waals surface area (Å²) >= 11 is 0. The highest BCUT2D eigenvalue weighted by Gasteiger charge is 2.17. The highest BCUT2D eigenvalue weighted by molar-refractivity contribution is 5.34. The van der Waals surface area contributed by atoms with Crippen LogP contribution in [-0.2, 0) is 0 Å². The van der Waals surface area contributed by atoms with E-state index in [4.69, 9.17) is 10.2 Å². The number of rotatable bonds is 3. The normalized spacial score (nSPS) is 12.9. The second kappa shape index (κ2) is 4.01. The molecule has 0 saturated carbocycles. The molecule has 0 aromatic carbocycles. The van der Waals surface area contributed by atoms with Crippen LogP contribution in [0.3, 0.4) is 0 Å². The second-order valence-electron chi connectivity index (χ2n) is 4.02. The van der Waals surface area contributed by atoms with Gasteiger partial charge >= 0.3 is 0 Å². The molecule has 1 aromatic rings. The van der Waals surface area contributed by atoms with E-state index in [2.05, 4.69) is 13.5 Å². The molecule has 78 valence electrons. The van der Waals surface area contributed by atoms with Crippen LogP contribution in [0.15, 0.2) is 16.6 Å². The molecule has 14 heavy (non-hydrogen) atoms. The zero-order chi connectivity index (χ0) is 10.9. The Kier molecular flexibility index (Phi) is 3.17. The summed E-state index contributed by atoms with van der Waals surface area (Å²) in [6.07, 6.45) is 0.820. The minimum Gasteiger partial charge on any atom is -0.466 e. The molecular weight excluding hydrogens is 174 g/mol. The lowest BCUT2D eigenvalue weighted by molar-refractivity contribution is 0.496. The summed E-state index contributed by atoms with van der Waals surface area (Å²) in [5.74, 6) is 1.91. The van der Waals surface area contributed by atoms with Crippen molar-refractivity contribution in [2.24, 2.45) is 5.73 Å². The molecule has 2 heteroatoms. The Morgan fingerprint density at radius 2 is 1.93 bits per heavy atom. The average molecular weight is 193 g/mol. The minimum absolute atomic E-state index is 0.0185. The second-order valence-corrected chi connectivity index (χ2v) is 4.02. The van der Waals surface area contributed by atoms with Gasteiger partial charge in [-0.15, -0.1) is 6.58 Å². The zero-order valence-electron chi connectivity index (χ0n) is 9.48. The maximum absolute atomic E-state index is 6.09. The van der Waals surface area contributed by atoms with Crippen LogP contribution in [0.2, 0.25) is 0 Å². The Balaban J connectivity index is 2.99. The summed E-state index contributed by atoms with van der Waals surface area (Å²) in [6, 6.07) is 0.0185. The van der Waals surface area contributed by atoms with Crippen molar-refractivity contribution in [2.45, 2.75) is 40.2 Å². The number of nitrogens with two attached hydrogens (primary N) is 1. The molecule has 0 bridgehead atoms. The summed E-state index contributed by atoms with van der Waals surface area (Å²) in [6.45, 7) is 11.9. The molecule has 0 amide bonds. The fourth-order valence-electron chi connectivity index (χ4n) is 1.83. The van der Waals surface area contributed by atoms with Crippen LogP contribution in [0.5, 0.6) is 0 Å². The maximum Gasteiger partial charge on any atom is 0.106 e. The molecule has 1 heterocycles. The highest BCUT2D eigenvalue weighted by atomic mass is 16.3. The van der Waals surface area contributed by atoms with Crippen LogP contribution in [0.25, 0.3) is 0 Å². The van der Waals surface area contributed by atoms with Crippen molar-refractivity contribution in [1.82, 2.24) is 0 Å². The summed E-state index contributed by atoms with van der Waals surface area (Å²) in [5.41, 5.74) is 9.52. The van der Waals surface area contributed by atoms with Crippen molar-refractivity contribution in [1.29, 1.82) is 0 Å². The smallest absolute Gasteiger partial charge is 0.106 e. The molecule has 0 aliphatic heterocycles. The maximum atomic E-state index is 6.09. The van der Waals surface area contributed by atoms with Gasteiger partial charge in [0.15, 0.2) is 0 Å². The molecule has 0 saturated heterocycles. The zero-order valence-corrected chi connectivity index (χ0v) is 9.48. The van der Waals surface area contributed by atoms with Gasteiger partial charge in [-0.05, 0) is 39.7 Å². The van der Waals surface area contributed by atoms with Crippen molar-refractivity contribution in [2.75, 3.05) is 0 Å². The first-order valence-electron chi connectivity index (χ1n) is 4.90. The van der Waals surface area contributed by atoms with Crippen LogP contribution in [0.4, 0.5) is 0 Å². The monoisotopic (exact) mass is 193 g/mol. The van der Waals surface area contributed by atoms with Crippen molar-refractivity contribution in [3.05, 3.63) is 34.8 Å². The fourth-order valence-corrected chi connectivity index (χ4v) is 1.83. The summed E-state index contributed by atoms with van der Waals surface area (Å²) < 4.78 is 5.54. The Labute approximate surface area is 85.8 Å². The molecule has 0 fully saturated rings. The van der Waals surface area contributed by atoms with Crippen molar-refractivity contribution < 1.29 is 4.42 Å². The molecule has 2 N–H and O–H groups in total. The van der Waals surface area contributed by atoms with Crippen LogP contribution in [-0.4, -0.2) is 0 Å². The Hall–Kier alpha value is -1.02. The molecule has 0 aliphatic carbocycles. The van der Waals surface area contributed by atoms with Gasteiger partial charge in [-0.3, -0.25) is 0 Å². The largest absolute Gasteiger partial charge is 0.466 e. The van der Waals surface area contributed by atoms with E-state index in [1.165, 1.54) is 5.56 Å². The Morgan fingerprint density at radius 3 is 2.29 bits per heavy atom. The molecular formula is C12H19NO. The van der Waals surface area contributed by atoms with Gasteiger partial charge in [-0.2, -0.15) is 0 Å². The van der Waals surface area contributed by atoms with E-state index >= 15 is 0 Å². The van der Waals surface area contributed by atoms with E-state index in [1.54, 1.807) is 0 Å². The van der Waals surface area contributed by atoms with Gasteiger partial charge < -0.3 is 10.2 Å². The van der Waals surface area contributed by atoms with Crippen molar-refractivity contribution in [3.63, 3.8) is 0 Å². The number of furan rings is 1. The minimum atomic E-state index is 0.0185. The summed E-state index contributed by atoms with van der Waals surface area (Å²) in [7, 11) is 0. The number of hydrogen-bond donors (Lipinski definition) is 1. The molecule has 1 aromatic heterocycles. The van der Waals surface area contributed by atoms with Gasteiger partial charge in [0.2, 0.25) is 0 Å². The summed E-state index contributed by atoms with van der Waals surface area (Å²) in [4.78, 5) is 0. The lowest BCUT2D eigenvalue weighted by Crippen LogP contribution is -2.12. The van der Waals surface area contributed by atoms with E-state index in [1.807, 2.05) is 20.8 Å². The van der Waals surface area contributed by atoms with Crippen molar-refractivity contribution >= 4 is 0 Å². The molecule has 0 aliphatic rings. The Bertz CT molecular complexity index is 349.